The Balaban J connectivity index is 1.19. The lowest BCUT2D eigenvalue weighted by Crippen LogP contribution is -2.29. The lowest BCUT2D eigenvalue weighted by molar-refractivity contribution is 0.668. The maximum Gasteiger partial charge on any atom is 0.136 e. The molecule has 1 spiro atoms. The molecule has 1 aromatic heterocycles. The molecule has 0 aliphatic heterocycles. The van der Waals surface area contributed by atoms with Crippen molar-refractivity contribution in [2.24, 2.45) is 0 Å². The molecule has 1 unspecified atom stereocenters. The molecule has 2 aliphatic rings. The van der Waals surface area contributed by atoms with Crippen LogP contribution >= 0.6 is 0 Å². The fourth-order valence-corrected chi connectivity index (χ4v) is 11.0. The molecule has 0 radical (unpaired) electrons. The summed E-state index contributed by atoms with van der Waals surface area (Å²) < 4.78 is 6.62. The van der Waals surface area contributed by atoms with Gasteiger partial charge in [0.2, 0.25) is 0 Å². The van der Waals surface area contributed by atoms with E-state index in [2.05, 4.69) is 241 Å². The van der Waals surface area contributed by atoms with Crippen LogP contribution in [0.2, 0.25) is 0 Å². The van der Waals surface area contributed by atoms with E-state index in [1.807, 2.05) is 0 Å². The average Bonchev–Trinajstić information content (AvgIpc) is 3.85. The molecule has 0 amide bonds. The first-order valence-electron chi connectivity index (χ1n) is 21.8. The van der Waals surface area contributed by atoms with E-state index in [0.717, 1.165) is 44.7 Å². The van der Waals surface area contributed by atoms with E-state index in [9.17, 15) is 0 Å². The van der Waals surface area contributed by atoms with Crippen LogP contribution in [0.15, 0.2) is 241 Å². The molecule has 11 aromatic rings. The van der Waals surface area contributed by atoms with Crippen molar-refractivity contribution in [1.29, 1.82) is 0 Å². The number of hydrogen-bond donors (Lipinski definition) is 0. The minimum atomic E-state index is -0.691. The third kappa shape index (κ3) is 5.13. The summed E-state index contributed by atoms with van der Waals surface area (Å²) in [6.45, 7) is 0. The molecule has 2 heteroatoms. The minimum Gasteiger partial charge on any atom is -0.456 e. The summed E-state index contributed by atoms with van der Waals surface area (Å²) in [5.41, 5.74) is 21.5. The average molecular weight is 802 g/mol. The van der Waals surface area contributed by atoms with Crippen LogP contribution in [0.25, 0.3) is 77.6 Å². The van der Waals surface area contributed by atoms with Gasteiger partial charge in [-0.1, -0.05) is 200 Å². The van der Waals surface area contributed by atoms with Crippen LogP contribution in [0.4, 0.5) is 17.1 Å². The van der Waals surface area contributed by atoms with Crippen molar-refractivity contribution in [3.8, 4) is 55.6 Å². The van der Waals surface area contributed by atoms with E-state index in [1.54, 1.807) is 0 Å². The van der Waals surface area contributed by atoms with Gasteiger partial charge in [0.15, 0.2) is 0 Å². The van der Waals surface area contributed by atoms with E-state index in [1.165, 1.54) is 72.1 Å². The van der Waals surface area contributed by atoms with Gasteiger partial charge in [0.1, 0.15) is 11.2 Å². The summed E-state index contributed by atoms with van der Waals surface area (Å²) in [6, 6.07) is 86.8. The lowest BCUT2D eigenvalue weighted by Gasteiger charge is -2.37. The third-order valence-electron chi connectivity index (χ3n) is 13.5. The summed E-state index contributed by atoms with van der Waals surface area (Å²) in [4.78, 5) is 2.50. The molecule has 1 atom stereocenters. The van der Waals surface area contributed by atoms with Crippen molar-refractivity contribution in [3.63, 3.8) is 0 Å². The summed E-state index contributed by atoms with van der Waals surface area (Å²) in [5.74, 6) is 0. The smallest absolute Gasteiger partial charge is 0.136 e. The van der Waals surface area contributed by atoms with Gasteiger partial charge < -0.3 is 9.32 Å². The Labute approximate surface area is 366 Å². The predicted octanol–water partition coefficient (Wildman–Crippen LogP) is 16.4. The van der Waals surface area contributed by atoms with Crippen molar-refractivity contribution < 1.29 is 4.42 Å². The SMILES string of the molecule is c1ccc(-c2ccccc2N(c2ccc3c(c2)C2(c4ccccc4-c4ccccc4-3)c3ccccc3-c3c2ccc2oc4ccccc4c32)c2ccccc2-c2ccccc2)cc1. The quantitative estimate of drug-likeness (QED) is 0.172. The van der Waals surface area contributed by atoms with E-state index in [0.29, 0.717) is 0 Å². The molecule has 0 fully saturated rings. The van der Waals surface area contributed by atoms with Crippen LogP contribution in [0, 0.1) is 0 Å². The second kappa shape index (κ2) is 13.9. The zero-order valence-corrected chi connectivity index (χ0v) is 34.4. The Bertz CT molecular complexity index is 3500. The van der Waals surface area contributed by atoms with Crippen LogP contribution in [-0.4, -0.2) is 0 Å². The molecule has 0 bridgehead atoms. The normalized spacial score (nSPS) is 14.4. The Kier molecular flexibility index (Phi) is 7.85. The second-order valence-corrected chi connectivity index (χ2v) is 16.7. The first kappa shape index (κ1) is 35.5. The van der Waals surface area contributed by atoms with Gasteiger partial charge in [0.25, 0.3) is 0 Å². The first-order chi connectivity index (χ1) is 31.3. The van der Waals surface area contributed by atoms with Gasteiger partial charge >= 0.3 is 0 Å². The van der Waals surface area contributed by atoms with E-state index in [4.69, 9.17) is 4.42 Å². The van der Waals surface area contributed by atoms with Gasteiger partial charge in [-0.05, 0) is 103 Å². The van der Waals surface area contributed by atoms with Crippen molar-refractivity contribution in [1.82, 2.24) is 0 Å². The molecule has 2 aliphatic carbocycles. The Morgan fingerprint density at radius 3 is 1.46 bits per heavy atom. The van der Waals surface area contributed by atoms with Crippen LogP contribution in [-0.2, 0) is 5.41 Å². The van der Waals surface area contributed by atoms with Crippen LogP contribution in [0.1, 0.15) is 22.3 Å². The summed E-state index contributed by atoms with van der Waals surface area (Å²) in [7, 11) is 0. The number of nitrogens with zero attached hydrogens (tertiary/aromatic N) is 1. The van der Waals surface area contributed by atoms with Gasteiger partial charge in [0.05, 0.1) is 16.8 Å². The zero-order chi connectivity index (χ0) is 41.5. The highest BCUT2D eigenvalue weighted by Crippen LogP contribution is 2.63. The molecule has 1 heterocycles. The molecule has 294 valence electrons. The monoisotopic (exact) mass is 801 g/mol. The van der Waals surface area contributed by atoms with Crippen LogP contribution in [0.5, 0.6) is 0 Å². The van der Waals surface area contributed by atoms with Crippen molar-refractivity contribution in [2.45, 2.75) is 5.41 Å². The number of benzene rings is 10. The highest BCUT2D eigenvalue weighted by molar-refractivity contribution is 6.16. The number of hydrogen-bond acceptors (Lipinski definition) is 2. The minimum absolute atomic E-state index is 0.691. The number of anilines is 3. The third-order valence-corrected chi connectivity index (χ3v) is 13.5. The fourth-order valence-electron chi connectivity index (χ4n) is 11.0. The summed E-state index contributed by atoms with van der Waals surface area (Å²) in [5, 5.41) is 2.30. The van der Waals surface area contributed by atoms with Crippen LogP contribution < -0.4 is 4.90 Å². The topological polar surface area (TPSA) is 16.4 Å². The van der Waals surface area contributed by atoms with Gasteiger partial charge in [0, 0.05) is 27.6 Å². The van der Waals surface area contributed by atoms with E-state index < -0.39 is 5.41 Å². The molecule has 10 aromatic carbocycles. The molecule has 2 nitrogen and oxygen atoms in total. The van der Waals surface area contributed by atoms with Crippen molar-refractivity contribution in [2.75, 3.05) is 4.90 Å². The maximum atomic E-state index is 6.62. The highest BCUT2D eigenvalue weighted by atomic mass is 16.3. The zero-order valence-electron chi connectivity index (χ0n) is 34.4. The lowest BCUT2D eigenvalue weighted by atomic mass is 9.65. The number of fused-ring (bicyclic) bond motifs is 16. The Morgan fingerprint density at radius 2 is 0.810 bits per heavy atom. The predicted molar refractivity (Wildman–Crippen MR) is 261 cm³/mol. The number of furan rings is 1. The van der Waals surface area contributed by atoms with Gasteiger partial charge in [-0.25, -0.2) is 0 Å². The Hall–Kier alpha value is -8.20. The maximum absolute atomic E-state index is 6.62. The van der Waals surface area contributed by atoms with Gasteiger partial charge in [-0.3, -0.25) is 0 Å². The first-order valence-corrected chi connectivity index (χ1v) is 21.8. The van der Waals surface area contributed by atoms with E-state index in [-0.39, 0.29) is 0 Å². The highest BCUT2D eigenvalue weighted by Gasteiger charge is 2.50. The number of para-hydroxylation sites is 3. The summed E-state index contributed by atoms with van der Waals surface area (Å²) in [6.07, 6.45) is 0. The molecule has 0 saturated heterocycles. The molecule has 0 N–H and O–H groups in total. The van der Waals surface area contributed by atoms with Crippen LogP contribution in [0.3, 0.4) is 0 Å². The van der Waals surface area contributed by atoms with E-state index >= 15 is 0 Å². The van der Waals surface area contributed by atoms with Crippen molar-refractivity contribution >= 4 is 39.0 Å². The molecule has 13 rings (SSSR count). The van der Waals surface area contributed by atoms with Gasteiger partial charge in [-0.15, -0.1) is 0 Å². The molecule has 63 heavy (non-hydrogen) atoms. The van der Waals surface area contributed by atoms with Crippen molar-refractivity contribution in [3.05, 3.63) is 259 Å². The standard InChI is InChI=1S/C61H39NO/c1-3-19-40(20-4-1)43-23-11-16-32-55(43)62(56-33-17-12-24-44(56)41-21-5-2-6-22-41)42-35-36-48-46-26-8-7-25-45(46)47-27-9-14-30-51(47)61(54(48)39-42)52-31-15-10-28-49(52)59-53(61)37-38-58-60(59)50-29-13-18-34-57(50)63-58/h1-39H. The molecular weight excluding hydrogens is 763 g/mol. The fraction of sp³-hybridized carbons (Fsp3) is 0.0164. The molecule has 0 saturated carbocycles. The largest absolute Gasteiger partial charge is 0.456 e. The Morgan fingerprint density at radius 1 is 0.317 bits per heavy atom. The summed E-state index contributed by atoms with van der Waals surface area (Å²) >= 11 is 0. The number of rotatable bonds is 5. The molecular formula is C61H39NO. The second-order valence-electron chi connectivity index (χ2n) is 16.7. The van der Waals surface area contributed by atoms with Gasteiger partial charge in [-0.2, -0.15) is 0 Å².